The zero-order valence-electron chi connectivity index (χ0n) is 13.0. The van der Waals surface area contributed by atoms with Crippen molar-refractivity contribution < 1.29 is 16.8 Å². The van der Waals surface area contributed by atoms with Gasteiger partial charge in [-0.1, -0.05) is 12.5 Å². The van der Waals surface area contributed by atoms with Gasteiger partial charge in [-0.2, -0.15) is 0 Å². The monoisotopic (exact) mass is 358 g/mol. The van der Waals surface area contributed by atoms with E-state index < -0.39 is 20.0 Å². The second-order valence-electron chi connectivity index (χ2n) is 6.77. The van der Waals surface area contributed by atoms with Crippen molar-refractivity contribution in [2.24, 2.45) is 22.9 Å². The standard InChI is InChI=1S/C15H22N2O4S2/c1-10(15-8-11-5-6-12(15)7-11)17-23(20,21)14-4-2-3-13(9-14)22(16,18)19/h2-4,9-12,15,17H,5-8H2,1H3,(H2,16,18,19)/t10-,11-,12-,15+/m0/s1. The molecule has 2 fully saturated rings. The Kier molecular flexibility index (Phi) is 4.29. The van der Waals surface area contributed by atoms with E-state index in [-0.39, 0.29) is 15.8 Å². The van der Waals surface area contributed by atoms with E-state index in [1.54, 1.807) is 0 Å². The molecular formula is C15H22N2O4S2. The van der Waals surface area contributed by atoms with Crippen LogP contribution < -0.4 is 9.86 Å². The van der Waals surface area contributed by atoms with Crippen molar-refractivity contribution in [3.05, 3.63) is 24.3 Å². The largest absolute Gasteiger partial charge is 0.240 e. The van der Waals surface area contributed by atoms with E-state index in [0.29, 0.717) is 11.8 Å². The number of hydrogen-bond donors (Lipinski definition) is 2. The fraction of sp³-hybridized carbons (Fsp3) is 0.600. The van der Waals surface area contributed by atoms with Crippen LogP contribution in [-0.2, 0) is 20.0 Å². The van der Waals surface area contributed by atoms with E-state index >= 15 is 0 Å². The third kappa shape index (κ3) is 3.45. The number of rotatable bonds is 5. The molecule has 2 bridgehead atoms. The molecule has 8 heteroatoms. The zero-order chi connectivity index (χ0) is 16.8. The average Bonchev–Trinajstić information content (AvgIpc) is 3.09. The Morgan fingerprint density at radius 1 is 1.13 bits per heavy atom. The van der Waals surface area contributed by atoms with Crippen molar-refractivity contribution in [3.8, 4) is 0 Å². The summed E-state index contributed by atoms with van der Waals surface area (Å²) in [4.78, 5) is -0.271. The number of hydrogen-bond acceptors (Lipinski definition) is 4. The van der Waals surface area contributed by atoms with Crippen molar-refractivity contribution in [1.82, 2.24) is 4.72 Å². The highest BCUT2D eigenvalue weighted by molar-refractivity contribution is 7.90. The fourth-order valence-corrected chi connectivity index (χ4v) is 6.10. The lowest BCUT2D eigenvalue weighted by atomic mass is 9.84. The van der Waals surface area contributed by atoms with Crippen molar-refractivity contribution in [2.45, 2.75) is 48.4 Å². The minimum atomic E-state index is -3.93. The smallest absolute Gasteiger partial charge is 0.225 e. The number of sulfonamides is 2. The van der Waals surface area contributed by atoms with Gasteiger partial charge in [0.25, 0.3) is 0 Å². The highest BCUT2D eigenvalue weighted by atomic mass is 32.2. The molecule has 0 saturated heterocycles. The molecule has 3 N–H and O–H groups in total. The number of nitrogens with two attached hydrogens (primary N) is 1. The predicted octanol–water partition coefficient (Wildman–Crippen LogP) is 1.44. The van der Waals surface area contributed by atoms with E-state index in [4.69, 9.17) is 5.14 Å². The first-order chi connectivity index (χ1) is 10.7. The molecule has 0 aromatic heterocycles. The quantitative estimate of drug-likeness (QED) is 0.830. The summed E-state index contributed by atoms with van der Waals surface area (Å²) >= 11 is 0. The molecule has 0 radical (unpaired) electrons. The number of fused-ring (bicyclic) bond motifs is 2. The molecule has 128 valence electrons. The van der Waals surface area contributed by atoms with Crippen LogP contribution in [0.3, 0.4) is 0 Å². The lowest BCUT2D eigenvalue weighted by Crippen LogP contribution is -2.40. The van der Waals surface area contributed by atoms with Gasteiger partial charge in [0.1, 0.15) is 0 Å². The average molecular weight is 358 g/mol. The molecule has 0 amide bonds. The summed E-state index contributed by atoms with van der Waals surface area (Å²) in [5, 5.41) is 5.07. The van der Waals surface area contributed by atoms with E-state index in [2.05, 4.69) is 4.72 Å². The molecular weight excluding hydrogens is 336 g/mol. The fourth-order valence-electron chi connectivity index (χ4n) is 4.12. The first-order valence-electron chi connectivity index (χ1n) is 7.82. The van der Waals surface area contributed by atoms with Crippen LogP contribution in [0.15, 0.2) is 34.1 Å². The molecule has 0 unspecified atom stereocenters. The van der Waals surface area contributed by atoms with Gasteiger partial charge in [0.15, 0.2) is 0 Å². The first-order valence-corrected chi connectivity index (χ1v) is 10.8. The predicted molar refractivity (Wildman–Crippen MR) is 86.5 cm³/mol. The van der Waals surface area contributed by atoms with Gasteiger partial charge in [0, 0.05) is 6.04 Å². The molecule has 0 aliphatic heterocycles. The normalized spacial score (nSPS) is 28.9. The maximum absolute atomic E-state index is 12.5. The molecule has 3 rings (SSSR count). The van der Waals surface area contributed by atoms with Crippen LogP contribution in [-0.4, -0.2) is 22.9 Å². The summed E-state index contributed by atoms with van der Waals surface area (Å²) in [6.07, 6.45) is 4.72. The van der Waals surface area contributed by atoms with Crippen LogP contribution in [0.5, 0.6) is 0 Å². The maximum atomic E-state index is 12.5. The molecule has 4 atom stereocenters. The van der Waals surface area contributed by atoms with Crippen LogP contribution >= 0.6 is 0 Å². The number of primary sulfonamides is 1. The molecule has 2 aliphatic carbocycles. The number of benzene rings is 1. The van der Waals surface area contributed by atoms with Crippen molar-refractivity contribution in [2.75, 3.05) is 0 Å². The first kappa shape index (κ1) is 16.9. The molecule has 1 aromatic carbocycles. The molecule has 1 aromatic rings. The summed E-state index contributed by atoms with van der Waals surface area (Å²) in [7, 11) is -7.70. The summed E-state index contributed by atoms with van der Waals surface area (Å²) < 4.78 is 50.6. The lowest BCUT2D eigenvalue weighted by molar-refractivity contribution is 0.280. The van der Waals surface area contributed by atoms with Gasteiger partial charge >= 0.3 is 0 Å². The highest BCUT2D eigenvalue weighted by Crippen LogP contribution is 2.49. The summed E-state index contributed by atoms with van der Waals surface area (Å²) in [5.74, 6) is 1.71. The van der Waals surface area contributed by atoms with E-state index in [1.165, 1.54) is 37.5 Å². The van der Waals surface area contributed by atoms with Gasteiger partial charge in [-0.3, -0.25) is 0 Å². The van der Waals surface area contributed by atoms with Gasteiger partial charge in [0.2, 0.25) is 20.0 Å². The van der Waals surface area contributed by atoms with Crippen molar-refractivity contribution in [1.29, 1.82) is 0 Å². The molecule has 0 spiro atoms. The third-order valence-corrected chi connectivity index (χ3v) is 7.69. The Hall–Kier alpha value is -0.960. The second kappa shape index (κ2) is 5.84. The Morgan fingerprint density at radius 2 is 1.83 bits per heavy atom. The SMILES string of the molecule is C[C@H](NS(=O)(=O)c1cccc(S(N)(=O)=O)c1)[C@H]1C[C@H]2CC[C@H]1C2. The molecule has 2 aliphatic rings. The molecule has 0 heterocycles. The van der Waals surface area contributed by atoms with Crippen LogP contribution in [0.4, 0.5) is 0 Å². The van der Waals surface area contributed by atoms with E-state index in [1.807, 2.05) is 6.92 Å². The third-order valence-electron chi connectivity index (χ3n) is 5.22. The van der Waals surface area contributed by atoms with Crippen LogP contribution in [0.2, 0.25) is 0 Å². The van der Waals surface area contributed by atoms with Crippen molar-refractivity contribution >= 4 is 20.0 Å². The minimum absolute atomic E-state index is 0.0703. The zero-order valence-corrected chi connectivity index (χ0v) is 14.6. The topological polar surface area (TPSA) is 106 Å². The molecule has 6 nitrogen and oxygen atoms in total. The van der Waals surface area contributed by atoms with Crippen LogP contribution in [0, 0.1) is 17.8 Å². The Bertz CT molecular complexity index is 805. The highest BCUT2D eigenvalue weighted by Gasteiger charge is 2.42. The Labute approximate surface area is 137 Å². The summed E-state index contributed by atoms with van der Waals surface area (Å²) in [6, 6.07) is 4.99. The minimum Gasteiger partial charge on any atom is -0.225 e. The van der Waals surface area contributed by atoms with Gasteiger partial charge < -0.3 is 0 Å². The molecule has 23 heavy (non-hydrogen) atoms. The van der Waals surface area contributed by atoms with Crippen LogP contribution in [0.1, 0.15) is 32.6 Å². The number of nitrogens with one attached hydrogen (secondary N) is 1. The lowest BCUT2D eigenvalue weighted by Gasteiger charge is -2.28. The van der Waals surface area contributed by atoms with Crippen molar-refractivity contribution in [3.63, 3.8) is 0 Å². The maximum Gasteiger partial charge on any atom is 0.240 e. The van der Waals surface area contributed by atoms with E-state index in [0.717, 1.165) is 18.4 Å². The van der Waals surface area contributed by atoms with Gasteiger partial charge in [-0.05, 0) is 62.1 Å². The second-order valence-corrected chi connectivity index (χ2v) is 10.0. The summed E-state index contributed by atoms with van der Waals surface area (Å²) in [6.45, 7) is 1.90. The van der Waals surface area contributed by atoms with E-state index in [9.17, 15) is 16.8 Å². The van der Waals surface area contributed by atoms with Gasteiger partial charge in [-0.25, -0.2) is 26.7 Å². The Balaban J connectivity index is 1.79. The van der Waals surface area contributed by atoms with Gasteiger partial charge in [0.05, 0.1) is 9.79 Å². The molecule has 2 saturated carbocycles. The Morgan fingerprint density at radius 3 is 2.39 bits per heavy atom. The van der Waals surface area contributed by atoms with Gasteiger partial charge in [-0.15, -0.1) is 0 Å². The van der Waals surface area contributed by atoms with Crippen LogP contribution in [0.25, 0.3) is 0 Å². The summed E-state index contributed by atoms with van der Waals surface area (Å²) in [5.41, 5.74) is 0.